The average molecular weight is 359 g/mol. The van der Waals surface area contributed by atoms with Gasteiger partial charge in [0.05, 0.1) is 7.11 Å². The molecule has 0 saturated heterocycles. The zero-order valence-corrected chi connectivity index (χ0v) is 15.1. The first kappa shape index (κ1) is 17.4. The van der Waals surface area contributed by atoms with Crippen LogP contribution in [-0.4, -0.2) is 41.9 Å². The van der Waals surface area contributed by atoms with Gasteiger partial charge in [0.25, 0.3) is 5.91 Å². The number of methoxy groups -OCH3 is 1. The fourth-order valence-corrected chi connectivity index (χ4v) is 3.17. The van der Waals surface area contributed by atoms with Crippen LogP contribution < -0.4 is 10.1 Å². The predicted molar refractivity (Wildman–Crippen MR) is 97.1 cm³/mol. The maximum Gasteiger partial charge on any atom is 0.254 e. The van der Waals surface area contributed by atoms with E-state index >= 15 is 0 Å². The summed E-state index contributed by atoms with van der Waals surface area (Å²) in [6.45, 7) is 2.56. The number of anilines is 1. The van der Waals surface area contributed by atoms with Crippen LogP contribution >= 0.6 is 11.3 Å². The lowest BCUT2D eigenvalue weighted by atomic mass is 10.2. The summed E-state index contributed by atoms with van der Waals surface area (Å²) in [5.41, 5.74) is 0.555. The molecule has 0 aliphatic heterocycles. The molecule has 1 aromatic heterocycles. The van der Waals surface area contributed by atoms with Gasteiger partial charge in [-0.1, -0.05) is 0 Å². The Labute approximate surface area is 150 Å². The van der Waals surface area contributed by atoms with Crippen molar-refractivity contribution in [2.24, 2.45) is 5.92 Å². The summed E-state index contributed by atoms with van der Waals surface area (Å²) < 4.78 is 5.12. The van der Waals surface area contributed by atoms with E-state index in [0.29, 0.717) is 28.9 Å². The minimum Gasteiger partial charge on any atom is -0.497 e. The van der Waals surface area contributed by atoms with Crippen LogP contribution in [0.3, 0.4) is 0 Å². The number of hydrogen-bond donors (Lipinski definition) is 1. The fourth-order valence-electron chi connectivity index (χ4n) is 2.49. The monoisotopic (exact) mass is 359 g/mol. The number of benzene rings is 1. The van der Waals surface area contributed by atoms with Crippen molar-refractivity contribution in [1.29, 1.82) is 0 Å². The Morgan fingerprint density at radius 2 is 2.04 bits per heavy atom. The van der Waals surface area contributed by atoms with Crippen LogP contribution in [0.25, 0.3) is 0 Å². The summed E-state index contributed by atoms with van der Waals surface area (Å²) in [6.07, 6.45) is 3.93. The minimum absolute atomic E-state index is 0.0278. The maximum atomic E-state index is 12.8. The Balaban J connectivity index is 1.67. The molecule has 7 heteroatoms. The third-order valence-corrected chi connectivity index (χ3v) is 4.83. The second-order valence-electron chi connectivity index (χ2n) is 6.18. The summed E-state index contributed by atoms with van der Waals surface area (Å²) in [6, 6.07) is 6.95. The van der Waals surface area contributed by atoms with Gasteiger partial charge in [0.1, 0.15) is 12.3 Å². The quantitative estimate of drug-likeness (QED) is 0.825. The van der Waals surface area contributed by atoms with Crippen molar-refractivity contribution >= 4 is 28.3 Å². The van der Waals surface area contributed by atoms with Crippen LogP contribution in [0.5, 0.6) is 5.75 Å². The molecule has 1 fully saturated rings. The molecule has 1 aliphatic carbocycles. The number of aromatic nitrogens is 1. The summed E-state index contributed by atoms with van der Waals surface area (Å²) in [7, 11) is 1.58. The molecular weight excluding hydrogens is 338 g/mol. The van der Waals surface area contributed by atoms with Gasteiger partial charge in [-0.2, -0.15) is 0 Å². The molecule has 2 aromatic rings. The smallest absolute Gasteiger partial charge is 0.254 e. The predicted octanol–water partition coefficient (Wildman–Crippen LogP) is 2.95. The molecule has 132 valence electrons. The van der Waals surface area contributed by atoms with Gasteiger partial charge in [-0.05, 0) is 49.9 Å². The topological polar surface area (TPSA) is 71.5 Å². The van der Waals surface area contributed by atoms with Gasteiger partial charge in [0.2, 0.25) is 5.91 Å². The number of ether oxygens (including phenoxy) is 1. The molecule has 0 unspecified atom stereocenters. The summed E-state index contributed by atoms with van der Waals surface area (Å²) in [4.78, 5) is 31.9. The van der Waals surface area contributed by atoms with E-state index in [-0.39, 0.29) is 18.4 Å². The second kappa shape index (κ2) is 7.65. The summed E-state index contributed by atoms with van der Waals surface area (Å²) in [5, 5.41) is 3.33. The number of aryl methyl sites for hydroxylation is 1. The molecule has 1 heterocycles. The number of carbonyl (C=O) groups is 2. The molecule has 1 aliphatic rings. The highest BCUT2D eigenvalue weighted by atomic mass is 32.1. The number of hydrogen-bond acceptors (Lipinski definition) is 5. The van der Waals surface area contributed by atoms with E-state index in [1.165, 1.54) is 11.3 Å². The molecule has 0 spiro atoms. The van der Waals surface area contributed by atoms with E-state index in [2.05, 4.69) is 10.3 Å². The van der Waals surface area contributed by atoms with Gasteiger partial charge in [-0.15, -0.1) is 11.3 Å². The highest BCUT2D eigenvalue weighted by molar-refractivity contribution is 7.15. The standard InChI is InChI=1S/C18H21N3O3S/c1-12-9-19-18(25-12)20-16(22)11-21(10-13-3-4-13)17(23)14-5-7-15(24-2)8-6-14/h5-9,13H,3-4,10-11H2,1-2H3,(H,19,20,22). The van der Waals surface area contributed by atoms with Gasteiger partial charge in [0.15, 0.2) is 5.13 Å². The van der Waals surface area contributed by atoms with E-state index in [1.807, 2.05) is 6.92 Å². The summed E-state index contributed by atoms with van der Waals surface area (Å²) >= 11 is 1.42. The molecule has 6 nitrogen and oxygen atoms in total. The van der Waals surface area contributed by atoms with Crippen molar-refractivity contribution in [1.82, 2.24) is 9.88 Å². The molecule has 25 heavy (non-hydrogen) atoms. The first-order valence-electron chi connectivity index (χ1n) is 8.21. The van der Waals surface area contributed by atoms with Crippen LogP contribution in [0.1, 0.15) is 28.1 Å². The van der Waals surface area contributed by atoms with Crippen molar-refractivity contribution < 1.29 is 14.3 Å². The maximum absolute atomic E-state index is 12.8. The van der Waals surface area contributed by atoms with Crippen molar-refractivity contribution in [3.63, 3.8) is 0 Å². The molecular formula is C18H21N3O3S. The highest BCUT2D eigenvalue weighted by Gasteiger charge is 2.28. The normalized spacial score (nSPS) is 13.4. The van der Waals surface area contributed by atoms with Gasteiger partial charge in [-0.3, -0.25) is 9.59 Å². The minimum atomic E-state index is -0.225. The van der Waals surface area contributed by atoms with Gasteiger partial charge in [0, 0.05) is 23.2 Å². The number of amides is 2. The molecule has 0 radical (unpaired) electrons. The van der Waals surface area contributed by atoms with Crippen LogP contribution in [-0.2, 0) is 4.79 Å². The number of nitrogens with zero attached hydrogens (tertiary/aromatic N) is 2. The largest absolute Gasteiger partial charge is 0.497 e. The Morgan fingerprint density at radius 1 is 1.32 bits per heavy atom. The zero-order chi connectivity index (χ0) is 17.8. The van der Waals surface area contributed by atoms with Gasteiger partial charge < -0.3 is 15.0 Å². The Kier molecular flexibility index (Phi) is 5.33. The van der Waals surface area contributed by atoms with Crippen LogP contribution in [0.2, 0.25) is 0 Å². The summed E-state index contributed by atoms with van der Waals surface area (Å²) in [5.74, 6) is 0.830. The molecule has 0 atom stereocenters. The van der Waals surface area contributed by atoms with Crippen molar-refractivity contribution in [2.45, 2.75) is 19.8 Å². The Bertz CT molecular complexity index is 753. The molecule has 1 N–H and O–H groups in total. The van der Waals surface area contributed by atoms with Gasteiger partial charge >= 0.3 is 0 Å². The fraction of sp³-hybridized carbons (Fsp3) is 0.389. The molecule has 2 amide bonds. The number of rotatable bonds is 7. The lowest BCUT2D eigenvalue weighted by molar-refractivity contribution is -0.116. The first-order valence-corrected chi connectivity index (χ1v) is 9.02. The van der Waals surface area contributed by atoms with Crippen LogP contribution in [0, 0.1) is 12.8 Å². The van der Waals surface area contributed by atoms with E-state index in [1.54, 1.807) is 42.5 Å². The van der Waals surface area contributed by atoms with E-state index in [9.17, 15) is 9.59 Å². The van der Waals surface area contributed by atoms with Crippen LogP contribution in [0.4, 0.5) is 5.13 Å². The molecule has 1 saturated carbocycles. The average Bonchev–Trinajstić information content (AvgIpc) is 3.34. The van der Waals surface area contributed by atoms with E-state index in [4.69, 9.17) is 4.74 Å². The van der Waals surface area contributed by atoms with E-state index in [0.717, 1.165) is 17.7 Å². The van der Waals surface area contributed by atoms with E-state index < -0.39 is 0 Å². The van der Waals surface area contributed by atoms with Crippen molar-refractivity contribution in [3.05, 3.63) is 40.9 Å². The third-order valence-electron chi connectivity index (χ3n) is 4.00. The van der Waals surface area contributed by atoms with Crippen molar-refractivity contribution in [2.75, 3.05) is 25.5 Å². The number of nitrogens with one attached hydrogen (secondary N) is 1. The number of thiazole rings is 1. The molecule has 1 aromatic carbocycles. The Hall–Kier alpha value is -2.41. The first-order chi connectivity index (χ1) is 12.0. The van der Waals surface area contributed by atoms with Gasteiger partial charge in [-0.25, -0.2) is 4.98 Å². The lowest BCUT2D eigenvalue weighted by Gasteiger charge is -2.22. The Morgan fingerprint density at radius 3 is 2.60 bits per heavy atom. The SMILES string of the molecule is COc1ccc(C(=O)N(CC(=O)Nc2ncc(C)s2)CC2CC2)cc1. The zero-order valence-electron chi connectivity index (χ0n) is 14.3. The van der Waals surface area contributed by atoms with Crippen LogP contribution in [0.15, 0.2) is 30.5 Å². The van der Waals surface area contributed by atoms with Crippen molar-refractivity contribution in [3.8, 4) is 5.75 Å². The third kappa shape index (κ3) is 4.79. The highest BCUT2D eigenvalue weighted by Crippen LogP contribution is 2.30. The molecule has 3 rings (SSSR count). The molecule has 0 bridgehead atoms. The second-order valence-corrected chi connectivity index (χ2v) is 7.42. The lowest BCUT2D eigenvalue weighted by Crippen LogP contribution is -2.39. The number of carbonyl (C=O) groups excluding carboxylic acids is 2.